The second kappa shape index (κ2) is 4.76. The highest BCUT2D eigenvalue weighted by molar-refractivity contribution is 9.10. The molecule has 1 aliphatic carbocycles. The molecule has 1 aromatic rings. The van der Waals surface area contributed by atoms with Crippen LogP contribution < -0.4 is 0 Å². The Bertz CT molecular complexity index is 651. The van der Waals surface area contributed by atoms with Crippen molar-refractivity contribution in [3.63, 3.8) is 0 Å². The van der Waals surface area contributed by atoms with Gasteiger partial charge in [-0.2, -0.15) is 0 Å². The quantitative estimate of drug-likeness (QED) is 0.760. The molecule has 112 valence electrons. The molecule has 1 spiro atoms. The van der Waals surface area contributed by atoms with E-state index in [-0.39, 0.29) is 25.1 Å². The van der Waals surface area contributed by atoms with Crippen LogP contribution in [-0.4, -0.2) is 43.1 Å². The van der Waals surface area contributed by atoms with Gasteiger partial charge in [0, 0.05) is 16.4 Å². The maximum absolute atomic E-state index is 14.2. The molecule has 1 aliphatic heterocycles. The molecule has 21 heavy (non-hydrogen) atoms. The van der Waals surface area contributed by atoms with Gasteiger partial charge in [-0.05, 0) is 24.1 Å². The summed E-state index contributed by atoms with van der Waals surface area (Å²) in [5.41, 5.74) is -0.663. The molecule has 2 atom stereocenters. The highest BCUT2D eigenvalue weighted by Gasteiger charge is 2.61. The van der Waals surface area contributed by atoms with Crippen molar-refractivity contribution >= 4 is 27.8 Å². The number of ether oxygens (including phenoxy) is 1. The molecule has 1 fully saturated rings. The van der Waals surface area contributed by atoms with Crippen molar-refractivity contribution in [2.45, 2.75) is 18.0 Å². The van der Waals surface area contributed by atoms with Crippen LogP contribution >= 0.6 is 15.9 Å². The lowest BCUT2D eigenvalue weighted by molar-refractivity contribution is -0.141. The summed E-state index contributed by atoms with van der Waals surface area (Å²) in [7, 11) is 1.20. The molecule has 4 nitrogen and oxygen atoms in total. The summed E-state index contributed by atoms with van der Waals surface area (Å²) in [5, 5.41) is 0. The number of rotatable bonds is 2. The van der Waals surface area contributed by atoms with Gasteiger partial charge in [-0.15, -0.1) is 0 Å². The lowest BCUT2D eigenvalue weighted by Crippen LogP contribution is -2.47. The standard InChI is InChI=1S/C14H12BrF2NO3/c1-21-11(19)5-18-6-14(4-10(14)17)8-2-7(15)3-9(16)12(8)13(18)20/h2-3,10H,4-6H2,1H3/t10-,14-/m0/s1. The highest BCUT2D eigenvalue weighted by atomic mass is 79.9. The maximum atomic E-state index is 14.2. The predicted molar refractivity (Wildman–Crippen MR) is 73.2 cm³/mol. The summed E-state index contributed by atoms with van der Waals surface area (Å²) in [6.45, 7) is -0.246. The minimum Gasteiger partial charge on any atom is -0.468 e. The maximum Gasteiger partial charge on any atom is 0.325 e. The van der Waals surface area contributed by atoms with Gasteiger partial charge in [-0.1, -0.05) is 15.9 Å². The molecule has 0 unspecified atom stereocenters. The van der Waals surface area contributed by atoms with E-state index in [1.54, 1.807) is 6.07 Å². The Morgan fingerprint density at radius 3 is 2.81 bits per heavy atom. The van der Waals surface area contributed by atoms with Gasteiger partial charge >= 0.3 is 5.97 Å². The lowest BCUT2D eigenvalue weighted by atomic mass is 9.86. The third kappa shape index (κ3) is 2.14. The number of carbonyl (C=O) groups is 2. The van der Waals surface area contributed by atoms with Crippen LogP contribution in [0.5, 0.6) is 0 Å². The number of carbonyl (C=O) groups excluding carboxylic acids is 2. The molecule has 1 heterocycles. The van der Waals surface area contributed by atoms with Crippen molar-refractivity contribution in [3.8, 4) is 0 Å². The van der Waals surface area contributed by atoms with Gasteiger partial charge < -0.3 is 9.64 Å². The first-order valence-corrected chi connectivity index (χ1v) is 7.18. The number of hydrogen-bond acceptors (Lipinski definition) is 3. The molecule has 0 radical (unpaired) electrons. The average Bonchev–Trinajstić information content (AvgIpc) is 3.06. The minimum atomic E-state index is -1.14. The van der Waals surface area contributed by atoms with Gasteiger partial charge in [0.2, 0.25) is 0 Å². The zero-order chi connectivity index (χ0) is 15.4. The first kappa shape index (κ1) is 14.4. The molecular weight excluding hydrogens is 348 g/mol. The Balaban J connectivity index is 2.07. The van der Waals surface area contributed by atoms with Crippen LogP contribution in [0.25, 0.3) is 0 Å². The summed E-state index contributed by atoms with van der Waals surface area (Å²) in [6.07, 6.45) is -0.917. The number of benzene rings is 1. The van der Waals surface area contributed by atoms with E-state index in [9.17, 15) is 18.4 Å². The van der Waals surface area contributed by atoms with Gasteiger partial charge in [-0.25, -0.2) is 8.78 Å². The molecule has 1 amide bonds. The smallest absolute Gasteiger partial charge is 0.325 e. The number of halogens is 3. The Morgan fingerprint density at radius 2 is 2.24 bits per heavy atom. The van der Waals surface area contributed by atoms with Crippen molar-refractivity contribution in [1.82, 2.24) is 4.90 Å². The van der Waals surface area contributed by atoms with Crippen molar-refractivity contribution in [2.24, 2.45) is 0 Å². The summed E-state index contributed by atoms with van der Waals surface area (Å²) >= 11 is 3.17. The second-order valence-electron chi connectivity index (χ2n) is 5.38. The molecule has 1 aromatic carbocycles. The average molecular weight is 360 g/mol. The molecule has 0 saturated heterocycles. The molecular formula is C14H12BrF2NO3. The number of nitrogens with zero attached hydrogens (tertiary/aromatic N) is 1. The molecule has 1 saturated carbocycles. The summed E-state index contributed by atoms with van der Waals surface area (Å²) in [6, 6.07) is 2.76. The van der Waals surface area contributed by atoms with Crippen LogP contribution in [0, 0.1) is 5.82 Å². The van der Waals surface area contributed by atoms with Crippen molar-refractivity contribution < 1.29 is 23.1 Å². The first-order chi connectivity index (χ1) is 9.89. The van der Waals surface area contributed by atoms with Gasteiger partial charge in [0.05, 0.1) is 12.7 Å². The first-order valence-electron chi connectivity index (χ1n) is 6.39. The normalized spacial score (nSPS) is 26.8. The van der Waals surface area contributed by atoms with E-state index >= 15 is 0 Å². The van der Waals surface area contributed by atoms with E-state index < -0.39 is 29.3 Å². The van der Waals surface area contributed by atoms with Crippen molar-refractivity contribution in [1.29, 1.82) is 0 Å². The van der Waals surface area contributed by atoms with Crippen LogP contribution in [0.1, 0.15) is 22.3 Å². The molecule has 0 N–H and O–H groups in total. The van der Waals surface area contributed by atoms with Crippen LogP contribution in [0.15, 0.2) is 16.6 Å². The van der Waals surface area contributed by atoms with Crippen LogP contribution in [-0.2, 0) is 14.9 Å². The second-order valence-corrected chi connectivity index (χ2v) is 6.29. The SMILES string of the molecule is COC(=O)CN1C[C@@]2(C[C@@H]2F)c2cc(Br)cc(F)c2C1=O. The van der Waals surface area contributed by atoms with Crippen molar-refractivity contribution in [2.75, 3.05) is 20.2 Å². The van der Waals surface area contributed by atoms with E-state index in [4.69, 9.17) is 0 Å². The number of alkyl halides is 1. The molecule has 0 aromatic heterocycles. The lowest BCUT2D eigenvalue weighted by Gasteiger charge is -2.34. The molecule has 7 heteroatoms. The van der Waals surface area contributed by atoms with Gasteiger partial charge in [0.1, 0.15) is 18.5 Å². The Morgan fingerprint density at radius 1 is 1.57 bits per heavy atom. The highest BCUT2D eigenvalue weighted by Crippen LogP contribution is 2.55. The topological polar surface area (TPSA) is 46.6 Å². The molecule has 2 aliphatic rings. The largest absolute Gasteiger partial charge is 0.468 e. The van der Waals surface area contributed by atoms with Gasteiger partial charge in [-0.3, -0.25) is 9.59 Å². The predicted octanol–water partition coefficient (Wildman–Crippen LogP) is 2.20. The van der Waals surface area contributed by atoms with Crippen LogP contribution in [0.4, 0.5) is 8.78 Å². The summed E-state index contributed by atoms with van der Waals surface area (Å²) in [4.78, 5) is 24.9. The van der Waals surface area contributed by atoms with Crippen LogP contribution in [0.2, 0.25) is 0 Å². The van der Waals surface area contributed by atoms with Gasteiger partial charge in [0.25, 0.3) is 5.91 Å². The fourth-order valence-corrected chi connectivity index (χ4v) is 3.32. The van der Waals surface area contributed by atoms with E-state index in [0.717, 1.165) is 4.90 Å². The molecule has 0 bridgehead atoms. The minimum absolute atomic E-state index is 0.0605. The zero-order valence-corrected chi connectivity index (χ0v) is 12.7. The number of methoxy groups -OCH3 is 1. The monoisotopic (exact) mass is 359 g/mol. The number of fused-ring (bicyclic) bond motifs is 2. The Labute approximate surface area is 128 Å². The van der Waals surface area contributed by atoms with E-state index in [1.165, 1.54) is 13.2 Å². The van der Waals surface area contributed by atoms with E-state index in [2.05, 4.69) is 20.7 Å². The molecule has 3 rings (SSSR count). The number of amides is 1. The van der Waals surface area contributed by atoms with E-state index in [0.29, 0.717) is 10.0 Å². The third-order valence-corrected chi connectivity index (χ3v) is 4.55. The van der Waals surface area contributed by atoms with Crippen LogP contribution in [0.3, 0.4) is 0 Å². The Kier molecular flexibility index (Phi) is 3.27. The van der Waals surface area contributed by atoms with Crippen molar-refractivity contribution in [3.05, 3.63) is 33.5 Å². The zero-order valence-electron chi connectivity index (χ0n) is 11.2. The van der Waals surface area contributed by atoms with E-state index in [1.807, 2.05) is 0 Å². The summed E-state index contributed by atoms with van der Waals surface area (Å²) < 4.78 is 33.1. The summed E-state index contributed by atoms with van der Waals surface area (Å²) in [5.74, 6) is -1.93. The fraction of sp³-hybridized carbons (Fsp3) is 0.429. The number of hydrogen-bond donors (Lipinski definition) is 0. The fourth-order valence-electron chi connectivity index (χ4n) is 2.89. The third-order valence-electron chi connectivity index (χ3n) is 4.10. The Hall–Kier alpha value is -1.50. The van der Waals surface area contributed by atoms with Gasteiger partial charge in [0.15, 0.2) is 0 Å². The number of esters is 1.